The fourth-order valence-corrected chi connectivity index (χ4v) is 15.1. The molecule has 15 atom stereocenters. The van der Waals surface area contributed by atoms with Gasteiger partial charge in [-0.15, -0.1) is 0 Å². The SMILES string of the molecule is CCN1CC2(CC)C3C(OC)C4C1C3([C@@H](OC)C[C@H]2C)[C@H]1C[C@@]2(O[Si](C)(C)C(C)(C)C)[C@H](OC(=O)c3ccccc3)C1[C@]4(OC(C)=O)[C@@H](O)[C@@H]2OC. The van der Waals surface area contributed by atoms with Crippen molar-refractivity contribution >= 4 is 20.3 Å². The van der Waals surface area contributed by atoms with Crippen LogP contribution in [0, 0.1) is 40.4 Å². The van der Waals surface area contributed by atoms with Crippen LogP contribution in [-0.4, -0.2) is 112 Å². The minimum Gasteiger partial charge on any atom is -0.455 e. The van der Waals surface area contributed by atoms with Crippen LogP contribution in [0.3, 0.4) is 0 Å². The first-order valence-electron chi connectivity index (χ1n) is 19.6. The van der Waals surface area contributed by atoms with Crippen molar-refractivity contribution in [2.75, 3.05) is 34.4 Å². The quantitative estimate of drug-likeness (QED) is 0.236. The van der Waals surface area contributed by atoms with Gasteiger partial charge in [-0.05, 0) is 73.3 Å². The number of benzene rings is 1. The summed E-state index contributed by atoms with van der Waals surface area (Å²) >= 11 is 0. The minimum atomic E-state index is -2.66. The molecule has 11 heteroatoms. The number of methoxy groups -OCH3 is 3. The molecule has 0 radical (unpaired) electrons. The van der Waals surface area contributed by atoms with Gasteiger partial charge in [0, 0.05) is 64.0 Å². The zero-order chi connectivity index (χ0) is 38.0. The van der Waals surface area contributed by atoms with Crippen molar-refractivity contribution < 1.29 is 42.8 Å². The van der Waals surface area contributed by atoms with Crippen molar-refractivity contribution in [3.8, 4) is 0 Å². The van der Waals surface area contributed by atoms with Gasteiger partial charge < -0.3 is 33.2 Å². The molecular weight excluding hydrogens is 679 g/mol. The molecule has 5 saturated carbocycles. The second-order valence-corrected chi connectivity index (χ2v) is 23.3. The number of aliphatic hydroxyl groups is 1. The fraction of sp³-hybridized carbons (Fsp3) is 0.805. The Hall–Kier alpha value is -1.86. The van der Waals surface area contributed by atoms with Crippen molar-refractivity contribution in [3.05, 3.63) is 35.9 Å². The molecule has 290 valence electrons. The predicted molar refractivity (Wildman–Crippen MR) is 198 cm³/mol. The number of hydrogen-bond acceptors (Lipinski definition) is 10. The first-order chi connectivity index (χ1) is 24.4. The summed E-state index contributed by atoms with van der Waals surface area (Å²) in [6, 6.07) is 8.89. The van der Waals surface area contributed by atoms with Crippen molar-refractivity contribution in [2.45, 2.75) is 134 Å². The van der Waals surface area contributed by atoms with Gasteiger partial charge in [-0.3, -0.25) is 9.69 Å². The average Bonchev–Trinajstić information content (AvgIpc) is 3.47. The smallest absolute Gasteiger partial charge is 0.338 e. The number of hydrogen-bond donors (Lipinski definition) is 1. The molecule has 7 rings (SSSR count). The lowest BCUT2D eigenvalue weighted by molar-refractivity contribution is -0.317. The third-order valence-corrected chi connectivity index (χ3v) is 20.6. The molecule has 1 aliphatic heterocycles. The van der Waals surface area contributed by atoms with E-state index in [-0.39, 0.29) is 40.5 Å². The van der Waals surface area contributed by atoms with E-state index in [1.165, 1.54) is 6.92 Å². The molecule has 1 N–H and O–H groups in total. The highest BCUT2D eigenvalue weighted by Gasteiger charge is 2.92. The summed E-state index contributed by atoms with van der Waals surface area (Å²) < 4.78 is 41.3. The normalized spacial score (nSPS) is 46.2. The molecule has 0 aromatic heterocycles. The highest BCUT2D eigenvalue weighted by molar-refractivity contribution is 6.74. The van der Waals surface area contributed by atoms with Crippen molar-refractivity contribution in [2.24, 2.45) is 40.4 Å². The zero-order valence-electron chi connectivity index (χ0n) is 33.4. The van der Waals surface area contributed by atoms with Crippen LogP contribution in [0.4, 0.5) is 0 Å². The number of nitrogens with zero attached hydrogens (tertiary/aromatic N) is 1. The number of carbonyl (C=O) groups excluding carboxylic acids is 2. The van der Waals surface area contributed by atoms with Gasteiger partial charge >= 0.3 is 11.9 Å². The fourth-order valence-electron chi connectivity index (χ4n) is 13.5. The first kappa shape index (κ1) is 38.4. The number of piperidine rings is 1. The van der Waals surface area contributed by atoms with Gasteiger partial charge in [-0.1, -0.05) is 59.7 Å². The predicted octanol–water partition coefficient (Wildman–Crippen LogP) is 5.72. The number of fused-ring (bicyclic) bond motifs is 2. The summed E-state index contributed by atoms with van der Waals surface area (Å²) in [7, 11) is 2.54. The Morgan fingerprint density at radius 2 is 1.67 bits per heavy atom. The Kier molecular flexibility index (Phi) is 9.29. The van der Waals surface area contributed by atoms with E-state index in [4.69, 9.17) is 28.1 Å². The number of ether oxygens (including phenoxy) is 5. The standard InChI is InChI=1S/C41H63NO9Si/c1-13-38-22-42(14-2)32-29-30(47-9)31(38)40(32,27(46-8)20-23(38)3)26-21-39(51-52(11,12)37(5,6)7)34(49-36(45)25-18-16-15-17-19-25)28(26)41(29,50-24(4)43)33(44)35(39)48-10/h15-19,23,26-35,44H,13-14,20-22H2,1-12H3/t23-,26+,27+,28?,29?,30?,31?,32?,33+,34-,35+,38?,39-,40?,41-/m1/s1. The second-order valence-electron chi connectivity index (χ2n) is 18.6. The first-order valence-corrected chi connectivity index (χ1v) is 22.5. The van der Waals surface area contributed by atoms with Gasteiger partial charge in [-0.2, -0.15) is 0 Å². The van der Waals surface area contributed by atoms with E-state index in [2.05, 4.69) is 59.5 Å². The maximum absolute atomic E-state index is 14.4. The molecule has 1 saturated heterocycles. The summed E-state index contributed by atoms with van der Waals surface area (Å²) in [5, 5.41) is 13.0. The number of rotatable bonds is 10. The van der Waals surface area contributed by atoms with Crippen molar-refractivity contribution in [1.29, 1.82) is 0 Å². The van der Waals surface area contributed by atoms with Crippen LogP contribution in [0.5, 0.6) is 0 Å². The Balaban J connectivity index is 1.58. The highest BCUT2D eigenvalue weighted by atomic mass is 28.4. The van der Waals surface area contributed by atoms with E-state index in [0.717, 1.165) is 25.9 Å². The summed E-state index contributed by atoms with van der Waals surface area (Å²) in [6.45, 7) is 21.0. The lowest BCUT2D eigenvalue weighted by atomic mass is 9.40. The van der Waals surface area contributed by atoms with E-state index in [9.17, 15) is 14.7 Å². The van der Waals surface area contributed by atoms with Crippen LogP contribution in [0.25, 0.3) is 0 Å². The Bertz CT molecular complexity index is 1550. The van der Waals surface area contributed by atoms with Crippen LogP contribution in [0.1, 0.15) is 78.1 Å². The van der Waals surface area contributed by atoms with Gasteiger partial charge in [0.2, 0.25) is 0 Å². The third kappa shape index (κ3) is 4.56. The van der Waals surface area contributed by atoms with Crippen LogP contribution in [-0.2, 0) is 32.9 Å². The Labute approximate surface area is 311 Å². The van der Waals surface area contributed by atoms with E-state index in [1.807, 2.05) is 25.3 Å². The van der Waals surface area contributed by atoms with Crippen molar-refractivity contribution in [3.63, 3.8) is 0 Å². The molecular formula is C41H63NO9Si. The Morgan fingerprint density at radius 1 is 1.00 bits per heavy atom. The highest BCUT2D eigenvalue weighted by Crippen LogP contribution is 2.82. The topological polar surface area (TPSA) is 113 Å². The summed E-state index contributed by atoms with van der Waals surface area (Å²) in [5.74, 6) is -1.92. The van der Waals surface area contributed by atoms with Gasteiger partial charge in [0.25, 0.3) is 0 Å². The second kappa shape index (κ2) is 12.6. The third-order valence-electron chi connectivity index (χ3n) is 16.1. The maximum Gasteiger partial charge on any atom is 0.338 e. The summed E-state index contributed by atoms with van der Waals surface area (Å²) in [6.07, 6.45) is -1.39. The van der Waals surface area contributed by atoms with E-state index >= 15 is 0 Å². The number of esters is 2. The van der Waals surface area contributed by atoms with Crippen molar-refractivity contribution in [1.82, 2.24) is 4.90 Å². The average molecular weight is 742 g/mol. The molecule has 0 amide bonds. The van der Waals surface area contributed by atoms with Crippen LogP contribution < -0.4 is 0 Å². The molecule has 6 aliphatic rings. The molecule has 7 unspecified atom stereocenters. The molecule has 7 bridgehead atoms. The van der Waals surface area contributed by atoms with Gasteiger partial charge in [-0.25, -0.2) is 4.79 Å². The molecule has 1 spiro atoms. The zero-order valence-corrected chi connectivity index (χ0v) is 34.4. The van der Waals surface area contributed by atoms with Crippen LogP contribution in [0.15, 0.2) is 30.3 Å². The lowest BCUT2D eigenvalue weighted by Gasteiger charge is -2.71. The number of aliphatic hydroxyl groups excluding tert-OH is 1. The molecule has 1 aromatic carbocycles. The molecule has 52 heavy (non-hydrogen) atoms. The number of likely N-dealkylation sites (tertiary alicyclic amines) is 1. The van der Waals surface area contributed by atoms with E-state index < -0.39 is 67.0 Å². The summed E-state index contributed by atoms with van der Waals surface area (Å²) in [4.78, 5) is 30.6. The Morgan fingerprint density at radius 3 is 2.21 bits per heavy atom. The largest absolute Gasteiger partial charge is 0.455 e. The molecule has 6 fully saturated rings. The molecule has 1 aromatic rings. The molecule has 5 aliphatic carbocycles. The minimum absolute atomic E-state index is 0.0341. The molecule has 1 heterocycles. The van der Waals surface area contributed by atoms with Gasteiger partial charge in [0.1, 0.15) is 23.9 Å². The lowest BCUT2D eigenvalue weighted by Crippen LogP contribution is -2.81. The van der Waals surface area contributed by atoms with E-state index in [1.54, 1.807) is 26.4 Å². The van der Waals surface area contributed by atoms with Gasteiger partial charge in [0.05, 0.1) is 17.8 Å². The monoisotopic (exact) mass is 741 g/mol. The summed E-state index contributed by atoms with van der Waals surface area (Å²) in [5.41, 5.74) is -2.93. The van der Waals surface area contributed by atoms with Crippen LogP contribution in [0.2, 0.25) is 18.1 Å². The van der Waals surface area contributed by atoms with E-state index in [0.29, 0.717) is 17.9 Å². The number of carbonyl (C=O) groups is 2. The maximum atomic E-state index is 14.4. The van der Waals surface area contributed by atoms with Crippen LogP contribution >= 0.6 is 0 Å². The molecule has 10 nitrogen and oxygen atoms in total. The van der Waals surface area contributed by atoms with Gasteiger partial charge in [0.15, 0.2) is 13.9 Å².